The third kappa shape index (κ3) is 3.64. The van der Waals surface area contributed by atoms with Crippen LogP contribution in [0.2, 0.25) is 0 Å². The van der Waals surface area contributed by atoms with Crippen LogP contribution in [-0.4, -0.2) is 17.1 Å². The van der Waals surface area contributed by atoms with Gasteiger partial charge in [0.05, 0.1) is 22.5 Å². The van der Waals surface area contributed by atoms with Gasteiger partial charge < -0.3 is 5.32 Å². The summed E-state index contributed by atoms with van der Waals surface area (Å²) >= 11 is 1.61. The molecule has 28 heavy (non-hydrogen) atoms. The molecule has 1 amide bonds. The van der Waals surface area contributed by atoms with Crippen molar-refractivity contribution in [3.63, 3.8) is 0 Å². The molecular formula is C24H20N2OS. The quantitative estimate of drug-likeness (QED) is 0.427. The Morgan fingerprint density at radius 1 is 0.929 bits per heavy atom. The van der Waals surface area contributed by atoms with E-state index in [-0.39, 0.29) is 5.91 Å². The van der Waals surface area contributed by atoms with E-state index in [2.05, 4.69) is 24.4 Å². The highest BCUT2D eigenvalue weighted by atomic mass is 32.2. The van der Waals surface area contributed by atoms with Crippen LogP contribution in [0.3, 0.4) is 0 Å². The molecule has 1 aromatic heterocycles. The van der Waals surface area contributed by atoms with Crippen LogP contribution in [0, 0.1) is 6.92 Å². The number of pyridine rings is 1. The normalized spacial score (nSPS) is 10.8. The van der Waals surface area contributed by atoms with Crippen molar-refractivity contribution in [2.45, 2.75) is 11.8 Å². The second-order valence-corrected chi connectivity index (χ2v) is 7.44. The monoisotopic (exact) mass is 384 g/mol. The first-order chi connectivity index (χ1) is 13.7. The van der Waals surface area contributed by atoms with E-state index >= 15 is 0 Å². The Hall–Kier alpha value is -3.11. The molecule has 0 fully saturated rings. The molecule has 0 aliphatic heterocycles. The van der Waals surface area contributed by atoms with Crippen molar-refractivity contribution in [1.82, 2.24) is 4.98 Å². The van der Waals surface area contributed by atoms with Crippen LogP contribution in [0.1, 0.15) is 15.9 Å². The van der Waals surface area contributed by atoms with Gasteiger partial charge in [0.25, 0.3) is 5.91 Å². The zero-order chi connectivity index (χ0) is 19.5. The summed E-state index contributed by atoms with van der Waals surface area (Å²) in [6, 6.07) is 25.7. The van der Waals surface area contributed by atoms with Crippen molar-refractivity contribution in [1.29, 1.82) is 0 Å². The molecule has 1 heterocycles. The minimum atomic E-state index is -0.131. The number of aromatic nitrogens is 1. The molecule has 3 aromatic carbocycles. The molecule has 0 aliphatic rings. The number of fused-ring (bicyclic) bond motifs is 1. The number of carbonyl (C=O) groups excluding carboxylic acids is 1. The summed E-state index contributed by atoms with van der Waals surface area (Å²) in [6.45, 7) is 2.06. The van der Waals surface area contributed by atoms with Crippen molar-refractivity contribution in [2.24, 2.45) is 0 Å². The topological polar surface area (TPSA) is 42.0 Å². The lowest BCUT2D eigenvalue weighted by atomic mass is 10.0. The summed E-state index contributed by atoms with van der Waals surface area (Å²) < 4.78 is 0. The predicted molar refractivity (Wildman–Crippen MR) is 118 cm³/mol. The van der Waals surface area contributed by atoms with Gasteiger partial charge in [-0.1, -0.05) is 60.2 Å². The number of para-hydroxylation sites is 2. The van der Waals surface area contributed by atoms with Crippen molar-refractivity contribution < 1.29 is 4.79 Å². The summed E-state index contributed by atoms with van der Waals surface area (Å²) in [4.78, 5) is 19.0. The SMILES string of the molecule is CSc1ccccc1NC(=O)c1cc(-c2ccc(C)cc2)nc2ccccc12. The fraction of sp³-hybridized carbons (Fsp3) is 0.0833. The van der Waals surface area contributed by atoms with Crippen LogP contribution < -0.4 is 5.32 Å². The van der Waals surface area contributed by atoms with Crippen molar-refractivity contribution in [2.75, 3.05) is 11.6 Å². The molecule has 0 saturated carbocycles. The first-order valence-electron chi connectivity index (χ1n) is 9.07. The number of thioether (sulfide) groups is 1. The fourth-order valence-corrected chi connectivity index (χ4v) is 3.73. The van der Waals surface area contributed by atoms with Crippen molar-refractivity contribution >= 4 is 34.3 Å². The number of benzene rings is 3. The maximum absolute atomic E-state index is 13.2. The molecule has 4 aromatic rings. The van der Waals surface area contributed by atoms with Gasteiger partial charge in [-0.3, -0.25) is 4.79 Å². The Balaban J connectivity index is 1.80. The molecule has 0 radical (unpaired) electrons. The molecule has 0 saturated heterocycles. The van der Waals surface area contributed by atoms with Gasteiger partial charge >= 0.3 is 0 Å². The molecule has 0 atom stereocenters. The minimum Gasteiger partial charge on any atom is -0.321 e. The highest BCUT2D eigenvalue weighted by molar-refractivity contribution is 7.98. The second kappa shape index (κ2) is 7.87. The number of carbonyl (C=O) groups is 1. The Morgan fingerprint density at radius 3 is 2.43 bits per heavy atom. The van der Waals surface area contributed by atoms with Gasteiger partial charge in [0, 0.05) is 15.8 Å². The van der Waals surface area contributed by atoms with Gasteiger partial charge in [-0.05, 0) is 37.4 Å². The number of hydrogen-bond acceptors (Lipinski definition) is 3. The number of rotatable bonds is 4. The van der Waals surface area contributed by atoms with Gasteiger partial charge in [-0.25, -0.2) is 4.98 Å². The first-order valence-corrected chi connectivity index (χ1v) is 10.3. The van der Waals surface area contributed by atoms with Gasteiger partial charge in [0.15, 0.2) is 0 Å². The first kappa shape index (κ1) is 18.3. The molecule has 0 unspecified atom stereocenters. The van der Waals surface area contributed by atoms with E-state index in [0.29, 0.717) is 5.56 Å². The highest BCUT2D eigenvalue weighted by Gasteiger charge is 2.15. The second-order valence-electron chi connectivity index (χ2n) is 6.59. The molecule has 4 rings (SSSR count). The summed E-state index contributed by atoms with van der Waals surface area (Å²) in [5.41, 5.74) is 5.23. The van der Waals surface area contributed by atoms with E-state index in [4.69, 9.17) is 4.98 Å². The number of nitrogens with zero attached hydrogens (tertiary/aromatic N) is 1. The van der Waals surface area contributed by atoms with Crippen molar-refractivity contribution in [3.8, 4) is 11.3 Å². The molecular weight excluding hydrogens is 364 g/mol. The largest absolute Gasteiger partial charge is 0.321 e. The van der Waals surface area contributed by atoms with Gasteiger partial charge in [-0.2, -0.15) is 0 Å². The lowest BCUT2D eigenvalue weighted by molar-refractivity contribution is 0.102. The number of amides is 1. The van der Waals surface area contributed by atoms with Crippen LogP contribution in [0.25, 0.3) is 22.2 Å². The Bertz CT molecular complexity index is 1150. The molecule has 138 valence electrons. The average molecular weight is 385 g/mol. The van der Waals surface area contributed by atoms with Crippen LogP contribution >= 0.6 is 11.8 Å². The Labute approximate surface area is 168 Å². The lowest BCUT2D eigenvalue weighted by Gasteiger charge is -2.12. The summed E-state index contributed by atoms with van der Waals surface area (Å²) in [6.07, 6.45) is 2.00. The molecule has 0 spiro atoms. The van der Waals surface area contributed by atoms with Crippen molar-refractivity contribution in [3.05, 3.63) is 90.0 Å². The highest BCUT2D eigenvalue weighted by Crippen LogP contribution is 2.28. The maximum atomic E-state index is 13.2. The van der Waals surface area contributed by atoms with E-state index in [0.717, 1.165) is 32.7 Å². The van der Waals surface area contributed by atoms with E-state index in [1.54, 1.807) is 11.8 Å². The number of aryl methyl sites for hydroxylation is 1. The standard InChI is InChI=1S/C24H20N2OS/c1-16-11-13-17(14-12-16)22-15-19(18-7-3-4-8-20(18)25-22)24(27)26-21-9-5-6-10-23(21)28-2/h3-15H,1-2H3,(H,26,27). The van der Waals surface area contributed by atoms with Crippen LogP contribution in [-0.2, 0) is 0 Å². The third-order valence-electron chi connectivity index (χ3n) is 4.66. The third-order valence-corrected chi connectivity index (χ3v) is 5.46. The van der Waals surface area contributed by atoms with E-state index in [1.807, 2.05) is 73.0 Å². The maximum Gasteiger partial charge on any atom is 0.256 e. The van der Waals surface area contributed by atoms with Gasteiger partial charge in [0.2, 0.25) is 0 Å². The predicted octanol–water partition coefficient (Wildman–Crippen LogP) is 6.18. The fourth-order valence-electron chi connectivity index (χ4n) is 3.17. The minimum absolute atomic E-state index is 0.131. The molecule has 3 nitrogen and oxygen atoms in total. The smallest absolute Gasteiger partial charge is 0.256 e. The van der Waals surface area contributed by atoms with Gasteiger partial charge in [0.1, 0.15) is 0 Å². The molecule has 0 aliphatic carbocycles. The van der Waals surface area contributed by atoms with E-state index in [9.17, 15) is 4.79 Å². The Morgan fingerprint density at radius 2 is 1.64 bits per heavy atom. The summed E-state index contributed by atoms with van der Waals surface area (Å²) in [5, 5.41) is 3.92. The average Bonchev–Trinajstić information content (AvgIpc) is 2.74. The number of anilines is 1. The summed E-state index contributed by atoms with van der Waals surface area (Å²) in [5.74, 6) is -0.131. The summed E-state index contributed by atoms with van der Waals surface area (Å²) in [7, 11) is 0. The van der Waals surface area contributed by atoms with Crippen LogP contribution in [0.4, 0.5) is 5.69 Å². The van der Waals surface area contributed by atoms with Crippen LogP contribution in [0.5, 0.6) is 0 Å². The molecule has 1 N–H and O–H groups in total. The number of hydrogen-bond donors (Lipinski definition) is 1. The molecule has 4 heteroatoms. The Kier molecular flexibility index (Phi) is 5.13. The zero-order valence-corrected chi connectivity index (χ0v) is 16.6. The zero-order valence-electron chi connectivity index (χ0n) is 15.8. The lowest BCUT2D eigenvalue weighted by Crippen LogP contribution is -2.13. The van der Waals surface area contributed by atoms with E-state index in [1.165, 1.54) is 5.56 Å². The van der Waals surface area contributed by atoms with E-state index < -0.39 is 0 Å². The molecule has 0 bridgehead atoms. The number of nitrogens with one attached hydrogen (secondary N) is 1. The van der Waals surface area contributed by atoms with Gasteiger partial charge in [-0.15, -0.1) is 11.8 Å². The van der Waals surface area contributed by atoms with Crippen LogP contribution in [0.15, 0.2) is 83.8 Å².